The standard InChI is InChI=1S/C14H11FN2O3S2/c1-20-9-6-7-11(16-8-9)13(15)22(18,19)14-17-10-4-2-3-5-12(10)21-14/h2-8,13H,1H3. The van der Waals surface area contributed by atoms with Crippen LogP contribution < -0.4 is 4.74 Å². The van der Waals surface area contributed by atoms with Crippen LogP contribution in [0.2, 0.25) is 0 Å². The molecule has 0 amide bonds. The SMILES string of the molecule is COc1ccc(C(F)S(=O)(=O)c2nc3ccccc3s2)nc1. The second-order valence-corrected chi connectivity index (χ2v) is 7.61. The van der Waals surface area contributed by atoms with Gasteiger partial charge in [-0.25, -0.2) is 17.8 Å². The number of para-hydroxylation sites is 1. The van der Waals surface area contributed by atoms with Gasteiger partial charge in [-0.05, 0) is 24.3 Å². The summed E-state index contributed by atoms with van der Waals surface area (Å²) in [7, 11) is -2.79. The van der Waals surface area contributed by atoms with E-state index in [-0.39, 0.29) is 10.0 Å². The molecule has 3 rings (SSSR count). The van der Waals surface area contributed by atoms with Crippen LogP contribution in [0.5, 0.6) is 5.75 Å². The number of hydrogen-bond donors (Lipinski definition) is 0. The number of sulfone groups is 1. The molecule has 1 unspecified atom stereocenters. The summed E-state index contributed by atoms with van der Waals surface area (Å²) in [5.74, 6) is 0.424. The van der Waals surface area contributed by atoms with Crippen LogP contribution in [-0.2, 0) is 9.84 Å². The first kappa shape index (κ1) is 14.9. The van der Waals surface area contributed by atoms with Crippen molar-refractivity contribution in [1.29, 1.82) is 0 Å². The molecule has 3 aromatic rings. The van der Waals surface area contributed by atoms with Crippen LogP contribution in [-0.4, -0.2) is 25.5 Å². The van der Waals surface area contributed by atoms with Gasteiger partial charge >= 0.3 is 0 Å². The number of methoxy groups -OCH3 is 1. The first-order valence-electron chi connectivity index (χ1n) is 6.26. The summed E-state index contributed by atoms with van der Waals surface area (Å²) in [6, 6.07) is 9.69. The zero-order valence-corrected chi connectivity index (χ0v) is 13.1. The summed E-state index contributed by atoms with van der Waals surface area (Å²) in [6.45, 7) is 0. The highest BCUT2D eigenvalue weighted by Gasteiger charge is 2.33. The van der Waals surface area contributed by atoms with Crippen LogP contribution in [0.1, 0.15) is 11.2 Å². The van der Waals surface area contributed by atoms with Gasteiger partial charge < -0.3 is 4.74 Å². The quantitative estimate of drug-likeness (QED) is 0.731. The molecule has 0 saturated carbocycles. The van der Waals surface area contributed by atoms with Crippen molar-refractivity contribution in [2.75, 3.05) is 7.11 Å². The van der Waals surface area contributed by atoms with Gasteiger partial charge in [0.2, 0.25) is 19.7 Å². The Morgan fingerprint density at radius 2 is 2.00 bits per heavy atom. The first-order chi connectivity index (χ1) is 10.5. The molecule has 0 aliphatic carbocycles. The summed E-state index contributed by atoms with van der Waals surface area (Å²) < 4.78 is 44.5. The van der Waals surface area contributed by atoms with E-state index < -0.39 is 15.3 Å². The van der Waals surface area contributed by atoms with Crippen molar-refractivity contribution in [3.63, 3.8) is 0 Å². The van der Waals surface area contributed by atoms with Gasteiger partial charge in [0.1, 0.15) is 5.75 Å². The second kappa shape index (κ2) is 5.62. The lowest BCUT2D eigenvalue weighted by molar-refractivity contribution is 0.406. The van der Waals surface area contributed by atoms with Gasteiger partial charge in [-0.2, -0.15) is 0 Å². The van der Waals surface area contributed by atoms with Crippen molar-refractivity contribution in [3.8, 4) is 5.75 Å². The Bertz CT molecular complexity index is 874. The number of alkyl halides is 1. The number of thiazole rings is 1. The van der Waals surface area contributed by atoms with E-state index in [9.17, 15) is 12.8 Å². The van der Waals surface area contributed by atoms with E-state index in [0.29, 0.717) is 16.0 Å². The van der Waals surface area contributed by atoms with Crippen LogP contribution in [0.25, 0.3) is 10.2 Å². The Hall–Kier alpha value is -2.06. The number of pyridine rings is 1. The molecule has 1 atom stereocenters. The summed E-state index contributed by atoms with van der Waals surface area (Å²) >= 11 is 0.943. The van der Waals surface area contributed by atoms with Crippen molar-refractivity contribution in [3.05, 3.63) is 48.3 Å². The van der Waals surface area contributed by atoms with E-state index in [1.807, 2.05) is 0 Å². The van der Waals surface area contributed by atoms with Crippen molar-refractivity contribution in [1.82, 2.24) is 9.97 Å². The van der Waals surface area contributed by atoms with Crippen molar-refractivity contribution in [2.24, 2.45) is 0 Å². The minimum Gasteiger partial charge on any atom is -0.495 e. The van der Waals surface area contributed by atoms with Crippen LogP contribution in [0.4, 0.5) is 4.39 Å². The maximum absolute atomic E-state index is 14.4. The number of halogens is 1. The lowest BCUT2D eigenvalue weighted by Crippen LogP contribution is -2.10. The van der Waals surface area contributed by atoms with E-state index in [2.05, 4.69) is 9.97 Å². The number of benzene rings is 1. The van der Waals surface area contributed by atoms with Crippen LogP contribution >= 0.6 is 11.3 Å². The van der Waals surface area contributed by atoms with E-state index in [0.717, 1.165) is 11.3 Å². The molecule has 0 N–H and O–H groups in total. The Kier molecular flexibility index (Phi) is 3.79. The molecule has 114 valence electrons. The predicted molar refractivity (Wildman–Crippen MR) is 81.4 cm³/mol. The van der Waals surface area contributed by atoms with E-state index >= 15 is 0 Å². The number of fused-ring (bicyclic) bond motifs is 1. The lowest BCUT2D eigenvalue weighted by Gasteiger charge is -2.07. The number of aromatic nitrogens is 2. The molecule has 22 heavy (non-hydrogen) atoms. The summed E-state index contributed by atoms with van der Waals surface area (Å²) in [5.41, 5.74) is -1.93. The van der Waals surface area contributed by atoms with Gasteiger partial charge in [-0.15, -0.1) is 11.3 Å². The van der Waals surface area contributed by atoms with E-state index in [1.54, 1.807) is 24.3 Å². The third-order valence-corrected chi connectivity index (χ3v) is 6.16. The highest BCUT2D eigenvalue weighted by atomic mass is 32.2. The van der Waals surface area contributed by atoms with Crippen molar-refractivity contribution >= 4 is 31.4 Å². The third kappa shape index (κ3) is 2.55. The number of rotatable bonds is 4. The molecule has 2 aromatic heterocycles. The smallest absolute Gasteiger partial charge is 0.249 e. The normalized spacial score (nSPS) is 13.2. The van der Waals surface area contributed by atoms with Crippen LogP contribution in [0.15, 0.2) is 46.9 Å². The Morgan fingerprint density at radius 3 is 2.64 bits per heavy atom. The monoisotopic (exact) mass is 338 g/mol. The third-order valence-electron chi connectivity index (χ3n) is 3.02. The molecule has 5 nitrogen and oxygen atoms in total. The molecular weight excluding hydrogens is 327 g/mol. The number of ether oxygens (including phenoxy) is 1. The Balaban J connectivity index is 2.00. The molecule has 2 heterocycles. The summed E-state index contributed by atoms with van der Waals surface area (Å²) in [6.07, 6.45) is 1.27. The van der Waals surface area contributed by atoms with Gasteiger partial charge in [0, 0.05) is 0 Å². The van der Waals surface area contributed by atoms with Gasteiger partial charge in [0.25, 0.3) is 0 Å². The molecular formula is C14H11FN2O3S2. The minimum atomic E-state index is -4.24. The van der Waals surface area contributed by atoms with E-state index in [4.69, 9.17) is 4.74 Å². The molecule has 0 bridgehead atoms. The molecule has 1 aromatic carbocycles. The lowest BCUT2D eigenvalue weighted by atomic mass is 10.3. The molecule has 0 aliphatic rings. The zero-order chi connectivity index (χ0) is 15.7. The molecule has 8 heteroatoms. The van der Waals surface area contributed by atoms with Crippen molar-refractivity contribution in [2.45, 2.75) is 9.84 Å². The largest absolute Gasteiger partial charge is 0.495 e. The van der Waals surface area contributed by atoms with Crippen molar-refractivity contribution < 1.29 is 17.5 Å². The van der Waals surface area contributed by atoms with Crippen LogP contribution in [0.3, 0.4) is 0 Å². The highest BCUT2D eigenvalue weighted by molar-refractivity contribution is 7.93. The predicted octanol–water partition coefficient (Wildman–Crippen LogP) is 3.14. The molecule has 0 saturated heterocycles. The molecule has 0 aliphatic heterocycles. The maximum Gasteiger partial charge on any atom is 0.249 e. The second-order valence-electron chi connectivity index (χ2n) is 4.43. The first-order valence-corrected chi connectivity index (χ1v) is 8.62. The van der Waals surface area contributed by atoms with Gasteiger partial charge in [0.15, 0.2) is 0 Å². The summed E-state index contributed by atoms with van der Waals surface area (Å²) in [5, 5.41) is 0. The molecule has 0 spiro atoms. The van der Waals surface area contributed by atoms with Gasteiger partial charge in [-0.3, -0.25) is 4.98 Å². The number of nitrogens with zero attached hydrogens (tertiary/aromatic N) is 2. The number of hydrogen-bond acceptors (Lipinski definition) is 6. The average molecular weight is 338 g/mol. The highest BCUT2D eigenvalue weighted by Crippen LogP contribution is 2.34. The molecule has 0 radical (unpaired) electrons. The van der Waals surface area contributed by atoms with Crippen LogP contribution in [0, 0.1) is 0 Å². The Labute approximate surface area is 130 Å². The fourth-order valence-corrected chi connectivity index (χ4v) is 4.41. The fourth-order valence-electron chi connectivity index (χ4n) is 1.87. The Morgan fingerprint density at radius 1 is 1.23 bits per heavy atom. The molecule has 0 fully saturated rings. The minimum absolute atomic E-state index is 0.194. The average Bonchev–Trinajstić information content (AvgIpc) is 2.99. The topological polar surface area (TPSA) is 69.2 Å². The summed E-state index contributed by atoms with van der Waals surface area (Å²) in [4.78, 5) is 7.80. The van der Waals surface area contributed by atoms with E-state index in [1.165, 1.54) is 25.4 Å². The fraction of sp³-hybridized carbons (Fsp3) is 0.143. The maximum atomic E-state index is 14.4. The zero-order valence-electron chi connectivity index (χ0n) is 11.4. The van der Waals surface area contributed by atoms with Gasteiger partial charge in [0.05, 0.1) is 29.2 Å². The van der Waals surface area contributed by atoms with Gasteiger partial charge in [-0.1, -0.05) is 12.1 Å².